The van der Waals surface area contributed by atoms with Gasteiger partial charge in [0.05, 0.1) is 0 Å². The summed E-state index contributed by atoms with van der Waals surface area (Å²) in [5.41, 5.74) is 0. The highest BCUT2D eigenvalue weighted by molar-refractivity contribution is 6.76. The standard InChI is InChI=1S/C17H22F17NOSi2/c1-9(35-37(2,3)4)36-38(5,6)8-7-10(18,19)11(20,21)12(22,23)13(24,25)14(26,27)15(28,29)16(30,31)17(32,33)34/h7-8H2,1-6H3. The highest BCUT2D eigenvalue weighted by atomic mass is 28.4. The Labute approximate surface area is 206 Å². The maximum absolute atomic E-state index is 14.1. The van der Waals surface area contributed by atoms with E-state index >= 15 is 0 Å². The minimum Gasteiger partial charge on any atom is -0.535 e. The van der Waals surface area contributed by atoms with Crippen molar-refractivity contribution in [2.45, 2.75) is 99.8 Å². The molecule has 0 bridgehead atoms. The van der Waals surface area contributed by atoms with Gasteiger partial charge in [-0.1, -0.05) is 0 Å². The fourth-order valence-corrected chi connectivity index (χ4v) is 5.70. The zero-order valence-electron chi connectivity index (χ0n) is 20.2. The second-order valence-electron chi connectivity index (χ2n) is 9.81. The minimum absolute atomic E-state index is 0.139. The molecule has 0 aliphatic carbocycles. The second-order valence-corrected chi connectivity index (χ2v) is 18.6. The number of rotatable bonds is 11. The largest absolute Gasteiger partial charge is 0.535 e. The van der Waals surface area contributed by atoms with Gasteiger partial charge in [-0.25, -0.2) is 0 Å². The molecule has 0 aromatic rings. The van der Waals surface area contributed by atoms with E-state index in [-0.39, 0.29) is 5.90 Å². The zero-order valence-corrected chi connectivity index (χ0v) is 22.2. The molecule has 0 fully saturated rings. The molecule has 0 spiro atoms. The summed E-state index contributed by atoms with van der Waals surface area (Å²) in [6.45, 7) is 8.34. The van der Waals surface area contributed by atoms with Crippen LogP contribution < -0.4 is 0 Å². The zero-order chi connectivity index (χ0) is 31.4. The lowest BCUT2D eigenvalue weighted by Crippen LogP contribution is -2.74. The van der Waals surface area contributed by atoms with Crippen molar-refractivity contribution in [1.29, 1.82) is 0 Å². The van der Waals surface area contributed by atoms with E-state index in [1.54, 1.807) is 19.6 Å². The molecule has 0 aromatic heterocycles. The van der Waals surface area contributed by atoms with E-state index < -0.39 is 76.7 Å². The van der Waals surface area contributed by atoms with Gasteiger partial charge in [0, 0.05) is 13.3 Å². The summed E-state index contributed by atoms with van der Waals surface area (Å²) in [6.07, 6.45) is -10.3. The first-order valence-corrected chi connectivity index (χ1v) is 16.6. The molecule has 0 radical (unpaired) electrons. The van der Waals surface area contributed by atoms with Crippen LogP contribution in [0.25, 0.3) is 0 Å². The SMILES string of the molecule is CC(=N[Si](C)(C)C)O[Si](C)(C)CCC(F)(F)C(F)(F)C(F)(F)C(F)(F)C(F)(F)C(F)(F)C(F)(F)C(F)(F)F. The van der Waals surface area contributed by atoms with Crippen molar-refractivity contribution in [3.8, 4) is 0 Å². The van der Waals surface area contributed by atoms with Crippen LogP contribution in [0.4, 0.5) is 74.6 Å². The van der Waals surface area contributed by atoms with E-state index in [1.165, 1.54) is 6.92 Å². The van der Waals surface area contributed by atoms with Crippen LogP contribution in [0.1, 0.15) is 13.3 Å². The molecule has 0 saturated heterocycles. The van der Waals surface area contributed by atoms with E-state index in [4.69, 9.17) is 4.43 Å². The summed E-state index contributed by atoms with van der Waals surface area (Å²) in [6, 6.07) is -1.27. The van der Waals surface area contributed by atoms with Gasteiger partial charge in [0.2, 0.25) is 8.32 Å². The predicted molar refractivity (Wildman–Crippen MR) is 105 cm³/mol. The summed E-state index contributed by atoms with van der Waals surface area (Å²) in [5, 5.41) is 0. The lowest BCUT2D eigenvalue weighted by Gasteiger charge is -2.43. The average molecular weight is 636 g/mol. The summed E-state index contributed by atoms with van der Waals surface area (Å²) in [5.74, 6) is -56.3. The van der Waals surface area contributed by atoms with Crippen molar-refractivity contribution < 1.29 is 79.1 Å². The fourth-order valence-electron chi connectivity index (χ4n) is 2.76. The molecule has 38 heavy (non-hydrogen) atoms. The van der Waals surface area contributed by atoms with Gasteiger partial charge in [-0.05, 0) is 38.8 Å². The van der Waals surface area contributed by atoms with Crippen LogP contribution in [0, 0.1) is 0 Å². The molecule has 0 atom stereocenters. The van der Waals surface area contributed by atoms with Gasteiger partial charge in [-0.3, -0.25) is 4.66 Å². The lowest BCUT2D eigenvalue weighted by molar-refractivity contribution is -0.461. The summed E-state index contributed by atoms with van der Waals surface area (Å²) in [4.78, 5) is 0. The van der Waals surface area contributed by atoms with E-state index in [0.29, 0.717) is 0 Å². The Morgan fingerprint density at radius 1 is 0.553 bits per heavy atom. The third-order valence-electron chi connectivity index (χ3n) is 4.74. The third-order valence-corrected chi connectivity index (χ3v) is 8.03. The molecule has 0 aliphatic heterocycles. The number of halogens is 17. The minimum atomic E-state index is -8.62. The molecule has 21 heteroatoms. The van der Waals surface area contributed by atoms with Gasteiger partial charge in [0.25, 0.3) is 0 Å². The monoisotopic (exact) mass is 635 g/mol. The van der Waals surface area contributed by atoms with Crippen LogP contribution in [0.5, 0.6) is 0 Å². The first kappa shape index (κ1) is 36.7. The maximum atomic E-state index is 14.1. The van der Waals surface area contributed by atoms with E-state index in [1.807, 2.05) is 0 Å². The van der Waals surface area contributed by atoms with Gasteiger partial charge in [-0.15, -0.1) is 0 Å². The van der Waals surface area contributed by atoms with Crippen LogP contribution in [0.15, 0.2) is 4.66 Å². The number of alkyl halides is 17. The summed E-state index contributed by atoms with van der Waals surface area (Å²) < 4.78 is 236. The summed E-state index contributed by atoms with van der Waals surface area (Å²) >= 11 is 0. The lowest BCUT2D eigenvalue weighted by atomic mass is 9.88. The molecule has 0 aliphatic rings. The van der Waals surface area contributed by atoms with Crippen molar-refractivity contribution in [3.63, 3.8) is 0 Å². The Bertz CT molecular complexity index is 875. The molecular weight excluding hydrogens is 613 g/mol. The van der Waals surface area contributed by atoms with Crippen molar-refractivity contribution in [2.75, 3.05) is 0 Å². The first-order chi connectivity index (χ1) is 16.1. The molecule has 0 saturated carbocycles. The highest BCUT2D eigenvalue weighted by Gasteiger charge is 2.95. The smallest absolute Gasteiger partial charge is 0.460 e. The molecule has 0 aromatic carbocycles. The van der Waals surface area contributed by atoms with E-state index in [9.17, 15) is 74.6 Å². The number of hydrogen-bond donors (Lipinski definition) is 0. The van der Waals surface area contributed by atoms with Gasteiger partial charge in [-0.2, -0.15) is 74.6 Å². The average Bonchev–Trinajstić information content (AvgIpc) is 2.62. The van der Waals surface area contributed by atoms with Crippen LogP contribution in [0.2, 0.25) is 38.8 Å². The Morgan fingerprint density at radius 2 is 0.868 bits per heavy atom. The van der Waals surface area contributed by atoms with Gasteiger partial charge in [0.15, 0.2) is 14.1 Å². The topological polar surface area (TPSA) is 21.6 Å². The fraction of sp³-hybridized carbons (Fsp3) is 0.941. The summed E-state index contributed by atoms with van der Waals surface area (Å²) in [7, 11) is -5.85. The Hall–Kier alpha value is -1.29. The van der Waals surface area contributed by atoms with Gasteiger partial charge in [0.1, 0.15) is 0 Å². The van der Waals surface area contributed by atoms with Crippen molar-refractivity contribution in [3.05, 3.63) is 0 Å². The normalized spacial score (nSPS) is 16.7. The first-order valence-electron chi connectivity index (χ1n) is 10.0. The predicted octanol–water partition coefficient (Wildman–Crippen LogP) is 8.86. The second kappa shape index (κ2) is 9.97. The number of nitrogens with zero attached hydrogens (tertiary/aromatic N) is 1. The number of hydrogen-bond acceptors (Lipinski definition) is 2. The highest BCUT2D eigenvalue weighted by Crippen LogP contribution is 2.64. The van der Waals surface area contributed by atoms with Gasteiger partial charge < -0.3 is 4.43 Å². The van der Waals surface area contributed by atoms with E-state index in [2.05, 4.69) is 4.66 Å². The Kier molecular flexibility index (Phi) is 9.63. The van der Waals surface area contributed by atoms with Crippen LogP contribution >= 0.6 is 0 Å². The van der Waals surface area contributed by atoms with Crippen LogP contribution in [0.3, 0.4) is 0 Å². The Balaban J connectivity index is 6.37. The third kappa shape index (κ3) is 6.37. The molecule has 0 amide bonds. The van der Waals surface area contributed by atoms with Crippen LogP contribution in [-0.2, 0) is 4.43 Å². The van der Waals surface area contributed by atoms with Crippen molar-refractivity contribution >= 4 is 22.5 Å². The van der Waals surface area contributed by atoms with E-state index in [0.717, 1.165) is 13.1 Å². The molecule has 0 unspecified atom stereocenters. The van der Waals surface area contributed by atoms with Gasteiger partial charge >= 0.3 is 47.6 Å². The molecular formula is C17H22F17NOSi2. The molecule has 0 rings (SSSR count). The maximum Gasteiger partial charge on any atom is 0.460 e. The van der Waals surface area contributed by atoms with Crippen molar-refractivity contribution in [1.82, 2.24) is 0 Å². The quantitative estimate of drug-likeness (QED) is 0.0963. The van der Waals surface area contributed by atoms with Crippen molar-refractivity contribution in [2.24, 2.45) is 4.66 Å². The molecule has 0 heterocycles. The molecule has 228 valence electrons. The molecule has 2 nitrogen and oxygen atoms in total. The Morgan fingerprint density at radius 3 is 1.18 bits per heavy atom. The molecule has 0 N–H and O–H groups in total. The van der Waals surface area contributed by atoms with Crippen LogP contribution in [-0.4, -0.2) is 70.1 Å².